The monoisotopic (exact) mass is 257 g/mol. The van der Waals surface area contributed by atoms with Crippen LogP contribution < -0.4 is 5.32 Å². The summed E-state index contributed by atoms with van der Waals surface area (Å²) in [4.78, 5) is 11.8. The number of aryl methyl sites for hydroxylation is 1. The molecule has 0 saturated carbocycles. The van der Waals surface area contributed by atoms with E-state index in [9.17, 15) is 4.79 Å². The third kappa shape index (κ3) is 3.98. The number of rotatable bonds is 5. The summed E-state index contributed by atoms with van der Waals surface area (Å²) >= 11 is 0. The molecule has 1 N–H and O–H groups in total. The fourth-order valence-corrected chi connectivity index (χ4v) is 1.89. The fourth-order valence-electron chi connectivity index (χ4n) is 1.89. The zero-order valence-corrected chi connectivity index (χ0v) is 11.3. The van der Waals surface area contributed by atoms with Gasteiger partial charge in [0.05, 0.1) is 6.26 Å². The van der Waals surface area contributed by atoms with Crippen molar-refractivity contribution in [3.8, 4) is 0 Å². The minimum Gasteiger partial charge on any atom is -0.469 e. The smallest absolute Gasteiger partial charge is 0.224 e. The Morgan fingerprint density at radius 2 is 2.11 bits per heavy atom. The number of hydrogen-bond acceptors (Lipinski definition) is 2. The molecule has 100 valence electrons. The molecule has 0 bridgehead atoms. The van der Waals surface area contributed by atoms with Crippen LogP contribution in [-0.2, 0) is 11.2 Å². The van der Waals surface area contributed by atoms with Crippen LogP contribution in [0, 0.1) is 0 Å². The molecule has 0 fully saturated rings. The Balaban J connectivity index is 1.89. The molecule has 3 heteroatoms. The zero-order valence-electron chi connectivity index (χ0n) is 11.3. The molecule has 1 amide bonds. The predicted octanol–water partition coefficient (Wildman–Crippen LogP) is 3.97. The van der Waals surface area contributed by atoms with Crippen LogP contribution in [0.1, 0.15) is 37.5 Å². The van der Waals surface area contributed by atoms with E-state index in [4.69, 9.17) is 4.42 Å². The van der Waals surface area contributed by atoms with Crippen LogP contribution in [0.25, 0.3) is 0 Å². The minimum atomic E-state index is 0.0114. The number of amides is 1. The van der Waals surface area contributed by atoms with Gasteiger partial charge in [0.15, 0.2) is 0 Å². The summed E-state index contributed by atoms with van der Waals surface area (Å²) in [5.41, 5.74) is 2.08. The lowest BCUT2D eigenvalue weighted by molar-refractivity contribution is -0.116. The first kappa shape index (κ1) is 13.4. The number of anilines is 1. The van der Waals surface area contributed by atoms with Crippen molar-refractivity contribution in [3.05, 3.63) is 54.0 Å². The summed E-state index contributed by atoms with van der Waals surface area (Å²) in [5, 5.41) is 2.92. The summed E-state index contributed by atoms with van der Waals surface area (Å²) in [6.45, 7) is 4.27. The number of benzene rings is 1. The minimum absolute atomic E-state index is 0.0114. The fraction of sp³-hybridized carbons (Fsp3) is 0.312. The van der Waals surface area contributed by atoms with Gasteiger partial charge in [-0.3, -0.25) is 4.79 Å². The quantitative estimate of drug-likeness (QED) is 0.880. The lowest BCUT2D eigenvalue weighted by Crippen LogP contribution is -2.12. The maximum absolute atomic E-state index is 11.8. The molecule has 0 aliphatic heterocycles. The van der Waals surface area contributed by atoms with E-state index < -0.39 is 0 Å². The Hall–Kier alpha value is -2.03. The zero-order chi connectivity index (χ0) is 13.7. The van der Waals surface area contributed by atoms with Gasteiger partial charge in [-0.1, -0.05) is 26.0 Å². The molecule has 0 unspecified atom stereocenters. The van der Waals surface area contributed by atoms with Gasteiger partial charge in [-0.2, -0.15) is 0 Å². The highest BCUT2D eigenvalue weighted by Gasteiger charge is 2.06. The van der Waals surface area contributed by atoms with E-state index in [0.717, 1.165) is 11.4 Å². The summed E-state index contributed by atoms with van der Waals surface area (Å²) in [7, 11) is 0. The molecule has 2 aromatic rings. The van der Waals surface area contributed by atoms with Crippen LogP contribution >= 0.6 is 0 Å². The molecule has 0 radical (unpaired) electrons. The van der Waals surface area contributed by atoms with Crippen molar-refractivity contribution in [2.45, 2.75) is 32.6 Å². The average molecular weight is 257 g/mol. The van der Waals surface area contributed by atoms with E-state index in [2.05, 4.69) is 25.2 Å². The Labute approximate surface area is 113 Å². The van der Waals surface area contributed by atoms with Crippen molar-refractivity contribution in [1.82, 2.24) is 0 Å². The van der Waals surface area contributed by atoms with E-state index in [-0.39, 0.29) is 5.91 Å². The van der Waals surface area contributed by atoms with Crippen LogP contribution in [0.15, 0.2) is 47.1 Å². The third-order valence-corrected chi connectivity index (χ3v) is 3.02. The van der Waals surface area contributed by atoms with Crippen LogP contribution in [-0.4, -0.2) is 5.91 Å². The summed E-state index contributed by atoms with van der Waals surface area (Å²) in [5.74, 6) is 1.31. The molecule has 19 heavy (non-hydrogen) atoms. The highest BCUT2D eigenvalue weighted by Crippen LogP contribution is 2.18. The first-order valence-electron chi connectivity index (χ1n) is 6.57. The number of carbonyl (C=O) groups is 1. The molecule has 2 rings (SSSR count). The van der Waals surface area contributed by atoms with E-state index in [1.165, 1.54) is 5.56 Å². The van der Waals surface area contributed by atoms with Gasteiger partial charge in [-0.05, 0) is 35.7 Å². The number of carbonyl (C=O) groups excluding carboxylic acids is 1. The van der Waals surface area contributed by atoms with E-state index in [1.807, 2.05) is 30.3 Å². The van der Waals surface area contributed by atoms with Gasteiger partial charge in [-0.15, -0.1) is 0 Å². The van der Waals surface area contributed by atoms with Crippen molar-refractivity contribution in [3.63, 3.8) is 0 Å². The van der Waals surface area contributed by atoms with Gasteiger partial charge >= 0.3 is 0 Å². The van der Waals surface area contributed by atoms with Gasteiger partial charge in [-0.25, -0.2) is 0 Å². The molecule has 0 atom stereocenters. The highest BCUT2D eigenvalue weighted by molar-refractivity contribution is 5.90. The van der Waals surface area contributed by atoms with Gasteiger partial charge < -0.3 is 9.73 Å². The Kier molecular flexibility index (Phi) is 4.39. The molecular formula is C16H19NO2. The second kappa shape index (κ2) is 6.23. The lowest BCUT2D eigenvalue weighted by Gasteiger charge is -2.09. The van der Waals surface area contributed by atoms with Crippen molar-refractivity contribution >= 4 is 11.6 Å². The van der Waals surface area contributed by atoms with Crippen molar-refractivity contribution in [1.29, 1.82) is 0 Å². The molecule has 0 aliphatic rings. The van der Waals surface area contributed by atoms with E-state index in [0.29, 0.717) is 18.8 Å². The van der Waals surface area contributed by atoms with Gasteiger partial charge in [0.2, 0.25) is 5.91 Å². The predicted molar refractivity (Wildman–Crippen MR) is 76.2 cm³/mol. The maximum Gasteiger partial charge on any atom is 0.224 e. The van der Waals surface area contributed by atoms with Gasteiger partial charge in [0.25, 0.3) is 0 Å². The van der Waals surface area contributed by atoms with Crippen molar-refractivity contribution < 1.29 is 9.21 Å². The topological polar surface area (TPSA) is 42.2 Å². The lowest BCUT2D eigenvalue weighted by atomic mass is 10.0. The molecule has 0 aliphatic carbocycles. The van der Waals surface area contributed by atoms with Gasteiger partial charge in [0, 0.05) is 18.5 Å². The normalized spacial score (nSPS) is 10.7. The summed E-state index contributed by atoms with van der Waals surface area (Å²) in [6.07, 6.45) is 2.68. The second-order valence-electron chi connectivity index (χ2n) is 4.91. The van der Waals surface area contributed by atoms with Crippen molar-refractivity contribution in [2.24, 2.45) is 0 Å². The van der Waals surface area contributed by atoms with Crippen molar-refractivity contribution in [2.75, 3.05) is 5.32 Å². The molecule has 1 aromatic carbocycles. The number of hydrogen-bond donors (Lipinski definition) is 1. The molecule has 0 saturated heterocycles. The average Bonchev–Trinajstić information content (AvgIpc) is 2.90. The summed E-state index contributed by atoms with van der Waals surface area (Å²) in [6, 6.07) is 11.7. The first-order chi connectivity index (χ1) is 9.15. The van der Waals surface area contributed by atoms with Crippen LogP contribution in [0.4, 0.5) is 5.69 Å². The maximum atomic E-state index is 11.8. The molecule has 1 aromatic heterocycles. The molecule has 0 spiro atoms. The second-order valence-corrected chi connectivity index (χ2v) is 4.91. The van der Waals surface area contributed by atoms with Gasteiger partial charge in [0.1, 0.15) is 5.76 Å². The van der Waals surface area contributed by atoms with E-state index in [1.54, 1.807) is 6.26 Å². The summed E-state index contributed by atoms with van der Waals surface area (Å²) < 4.78 is 5.20. The van der Waals surface area contributed by atoms with Crippen LogP contribution in [0.3, 0.4) is 0 Å². The molecular weight excluding hydrogens is 238 g/mol. The first-order valence-corrected chi connectivity index (χ1v) is 6.57. The molecule has 1 heterocycles. The Morgan fingerprint density at radius 3 is 2.79 bits per heavy atom. The number of furan rings is 1. The Morgan fingerprint density at radius 1 is 1.26 bits per heavy atom. The third-order valence-electron chi connectivity index (χ3n) is 3.02. The van der Waals surface area contributed by atoms with E-state index >= 15 is 0 Å². The standard InChI is InChI=1S/C16H19NO2/c1-12(2)13-5-3-6-14(11-13)17-16(18)9-8-15-7-4-10-19-15/h3-7,10-12H,8-9H2,1-2H3,(H,17,18). The van der Waals surface area contributed by atoms with Crippen LogP contribution in [0.5, 0.6) is 0 Å². The molecule has 3 nitrogen and oxygen atoms in total. The van der Waals surface area contributed by atoms with Crippen LogP contribution in [0.2, 0.25) is 0 Å². The highest BCUT2D eigenvalue weighted by atomic mass is 16.3. The SMILES string of the molecule is CC(C)c1cccc(NC(=O)CCc2ccco2)c1. The number of nitrogens with one attached hydrogen (secondary N) is 1. The largest absolute Gasteiger partial charge is 0.469 e. The Bertz CT molecular complexity index is 529.